The van der Waals surface area contributed by atoms with E-state index in [1.54, 1.807) is 0 Å². The van der Waals surface area contributed by atoms with Crippen LogP contribution in [0.15, 0.2) is 36.7 Å². The third kappa shape index (κ3) is 2.65. The number of piperidine rings is 1. The zero-order chi connectivity index (χ0) is 20.2. The van der Waals surface area contributed by atoms with Crippen LogP contribution in [-0.2, 0) is 11.2 Å². The Balaban J connectivity index is 1.16. The molecule has 0 aliphatic carbocycles. The number of nitrogens with one attached hydrogen (secondary N) is 1. The van der Waals surface area contributed by atoms with Gasteiger partial charge in [-0.05, 0) is 43.5 Å². The van der Waals surface area contributed by atoms with Crippen LogP contribution < -0.4 is 9.80 Å². The first-order chi connectivity index (χ1) is 14.7. The summed E-state index contributed by atoms with van der Waals surface area (Å²) >= 11 is 0. The van der Waals surface area contributed by atoms with E-state index in [4.69, 9.17) is 0 Å². The summed E-state index contributed by atoms with van der Waals surface area (Å²) in [6.45, 7) is 3.77. The van der Waals surface area contributed by atoms with E-state index in [0.29, 0.717) is 18.5 Å². The van der Waals surface area contributed by atoms with Crippen molar-refractivity contribution in [3.63, 3.8) is 0 Å². The lowest BCUT2D eigenvalue weighted by atomic mass is 9.89. The van der Waals surface area contributed by atoms with Crippen LogP contribution in [0.4, 0.5) is 11.4 Å². The van der Waals surface area contributed by atoms with E-state index in [9.17, 15) is 4.79 Å². The average molecular weight is 403 g/mol. The predicted octanol–water partition coefficient (Wildman–Crippen LogP) is 2.55. The number of rotatable bonds is 4. The molecule has 0 spiro atoms. The molecule has 1 aromatic carbocycles. The van der Waals surface area contributed by atoms with Gasteiger partial charge in [-0.2, -0.15) is 5.10 Å². The monoisotopic (exact) mass is 402 g/mol. The first kappa shape index (κ1) is 17.9. The predicted molar refractivity (Wildman–Crippen MR) is 117 cm³/mol. The number of benzene rings is 1. The number of H-pyrrole nitrogens is 1. The highest BCUT2D eigenvalue weighted by atomic mass is 16.2. The number of nitrogens with zero attached hydrogens (tertiary/aromatic N) is 5. The van der Waals surface area contributed by atoms with Gasteiger partial charge in [0.25, 0.3) is 0 Å². The fraction of sp³-hybridized carbons (Fsp3) is 0.435. The second-order valence-corrected chi connectivity index (χ2v) is 8.76. The van der Waals surface area contributed by atoms with Crippen molar-refractivity contribution in [2.45, 2.75) is 31.2 Å². The van der Waals surface area contributed by atoms with E-state index >= 15 is 0 Å². The van der Waals surface area contributed by atoms with Crippen LogP contribution in [0.2, 0.25) is 0 Å². The molecule has 7 heteroatoms. The molecule has 3 aromatic rings. The molecule has 1 amide bonds. The quantitative estimate of drug-likeness (QED) is 0.726. The molecule has 1 N–H and O–H groups in total. The third-order valence-electron chi connectivity index (χ3n) is 7.17. The number of carbonyl (C=O) groups is 1. The molecule has 5 heterocycles. The lowest BCUT2D eigenvalue weighted by molar-refractivity contribution is -0.117. The fourth-order valence-corrected chi connectivity index (χ4v) is 5.66. The Morgan fingerprint density at radius 3 is 3.13 bits per heavy atom. The van der Waals surface area contributed by atoms with Crippen molar-refractivity contribution in [1.82, 2.24) is 20.1 Å². The van der Waals surface area contributed by atoms with Gasteiger partial charge in [-0.25, -0.2) is 0 Å². The van der Waals surface area contributed by atoms with Crippen molar-refractivity contribution in [2.24, 2.45) is 0 Å². The van der Waals surface area contributed by atoms with Crippen molar-refractivity contribution >= 4 is 28.2 Å². The van der Waals surface area contributed by atoms with Crippen LogP contribution in [0.1, 0.15) is 30.0 Å². The molecule has 6 rings (SSSR count). The Kier molecular flexibility index (Phi) is 4.06. The van der Waals surface area contributed by atoms with Crippen molar-refractivity contribution in [3.05, 3.63) is 47.9 Å². The van der Waals surface area contributed by atoms with E-state index in [1.807, 2.05) is 30.4 Å². The molecule has 1 fully saturated rings. The molecular formula is C23H26N6O. The minimum atomic E-state index is 0.199. The van der Waals surface area contributed by atoms with Gasteiger partial charge in [-0.3, -0.25) is 14.9 Å². The van der Waals surface area contributed by atoms with E-state index in [-0.39, 0.29) is 5.91 Å². The molecule has 2 unspecified atom stereocenters. The molecule has 1 saturated heterocycles. The van der Waals surface area contributed by atoms with Gasteiger partial charge in [0.15, 0.2) is 0 Å². The van der Waals surface area contributed by atoms with Crippen molar-refractivity contribution in [3.8, 4) is 0 Å². The molecule has 0 bridgehead atoms. The zero-order valence-corrected chi connectivity index (χ0v) is 17.2. The number of amides is 1. The second-order valence-electron chi connectivity index (χ2n) is 8.76. The Hall–Kier alpha value is -2.93. The average Bonchev–Trinajstić information content (AvgIpc) is 3.32. The molecule has 0 radical (unpaired) electrons. The van der Waals surface area contributed by atoms with Crippen LogP contribution >= 0.6 is 0 Å². The summed E-state index contributed by atoms with van der Waals surface area (Å²) < 4.78 is 0. The van der Waals surface area contributed by atoms with Crippen LogP contribution in [0, 0.1) is 0 Å². The SMILES string of the molecule is CN1C(=O)CN2c3c(cccc31)C1CN(CCCc3[nH]nc4cnccc34)CCC12. The van der Waals surface area contributed by atoms with Crippen LogP contribution in [0.5, 0.6) is 0 Å². The summed E-state index contributed by atoms with van der Waals surface area (Å²) in [5.74, 6) is 0.691. The van der Waals surface area contributed by atoms with Gasteiger partial charge in [0.05, 0.1) is 24.1 Å². The van der Waals surface area contributed by atoms with E-state index in [2.05, 4.69) is 43.2 Å². The molecular weight excluding hydrogens is 376 g/mol. The number of aromatic amines is 1. The van der Waals surface area contributed by atoms with Crippen molar-refractivity contribution in [2.75, 3.05) is 43.0 Å². The number of aromatic nitrogens is 3. The first-order valence-corrected chi connectivity index (χ1v) is 10.9. The number of hydrogen-bond donors (Lipinski definition) is 1. The number of carbonyl (C=O) groups excluding carboxylic acids is 1. The van der Waals surface area contributed by atoms with Gasteiger partial charge in [0.2, 0.25) is 5.91 Å². The maximum absolute atomic E-state index is 12.5. The van der Waals surface area contributed by atoms with E-state index < -0.39 is 0 Å². The topological polar surface area (TPSA) is 68.4 Å². The zero-order valence-electron chi connectivity index (χ0n) is 17.2. The third-order valence-corrected chi connectivity index (χ3v) is 7.17. The van der Waals surface area contributed by atoms with Gasteiger partial charge in [-0.1, -0.05) is 12.1 Å². The smallest absolute Gasteiger partial charge is 0.246 e. The highest BCUT2D eigenvalue weighted by Crippen LogP contribution is 2.50. The summed E-state index contributed by atoms with van der Waals surface area (Å²) in [7, 11) is 1.90. The van der Waals surface area contributed by atoms with Crippen LogP contribution in [-0.4, -0.2) is 65.3 Å². The summed E-state index contributed by atoms with van der Waals surface area (Å²) in [6, 6.07) is 8.97. The van der Waals surface area contributed by atoms with Crippen LogP contribution in [0.25, 0.3) is 10.9 Å². The maximum Gasteiger partial charge on any atom is 0.246 e. The van der Waals surface area contributed by atoms with Gasteiger partial charge in [0.1, 0.15) is 5.52 Å². The largest absolute Gasteiger partial charge is 0.357 e. The standard InChI is InChI=1S/C23H26N6O/c1-27-21-6-2-4-15-17-13-28(11-8-20(17)29(23(15)21)14-22(27)30)10-3-5-18-16-7-9-24-12-19(16)26-25-18/h2,4,6-7,9,12,17,20H,3,5,8,10-11,13-14H2,1H3,(H,25,26). The lowest BCUT2D eigenvalue weighted by Crippen LogP contribution is -2.51. The number of pyridine rings is 1. The van der Waals surface area contributed by atoms with E-state index in [0.717, 1.165) is 50.1 Å². The first-order valence-electron chi connectivity index (χ1n) is 10.9. The summed E-state index contributed by atoms with van der Waals surface area (Å²) in [5.41, 5.74) is 5.95. The summed E-state index contributed by atoms with van der Waals surface area (Å²) in [5, 5.41) is 8.73. The normalized spacial score (nSPS) is 23.2. The number of likely N-dealkylation sites (tertiary alicyclic amines) is 1. The van der Waals surface area contributed by atoms with Crippen LogP contribution in [0.3, 0.4) is 0 Å². The van der Waals surface area contributed by atoms with Gasteiger partial charge >= 0.3 is 0 Å². The summed E-state index contributed by atoms with van der Waals surface area (Å²) in [4.78, 5) is 23.5. The molecule has 2 aromatic heterocycles. The highest BCUT2D eigenvalue weighted by molar-refractivity contribution is 6.04. The molecule has 154 valence electrons. The Morgan fingerprint density at radius 2 is 2.20 bits per heavy atom. The number of anilines is 2. The number of para-hydroxylation sites is 1. The number of hydrogen-bond acceptors (Lipinski definition) is 5. The molecule has 30 heavy (non-hydrogen) atoms. The number of aryl methyl sites for hydroxylation is 1. The van der Waals surface area contributed by atoms with Crippen molar-refractivity contribution in [1.29, 1.82) is 0 Å². The molecule has 3 aliphatic heterocycles. The van der Waals surface area contributed by atoms with Gasteiger partial charge in [0, 0.05) is 49.4 Å². The van der Waals surface area contributed by atoms with Crippen molar-refractivity contribution < 1.29 is 4.79 Å². The van der Waals surface area contributed by atoms with Gasteiger partial charge < -0.3 is 14.7 Å². The Morgan fingerprint density at radius 1 is 1.27 bits per heavy atom. The molecule has 2 atom stereocenters. The minimum Gasteiger partial charge on any atom is -0.357 e. The fourth-order valence-electron chi connectivity index (χ4n) is 5.66. The van der Waals surface area contributed by atoms with E-state index in [1.165, 1.54) is 22.3 Å². The Bertz CT molecular complexity index is 1120. The number of fused-ring (bicyclic) bond motifs is 4. The highest BCUT2D eigenvalue weighted by Gasteiger charge is 2.46. The summed E-state index contributed by atoms with van der Waals surface area (Å²) in [6.07, 6.45) is 6.87. The molecule has 3 aliphatic rings. The second kappa shape index (κ2) is 6.80. The lowest BCUT2D eigenvalue weighted by Gasteiger charge is -2.40. The maximum atomic E-state index is 12.5. The Labute approximate surface area is 175 Å². The van der Waals surface area contributed by atoms with Gasteiger partial charge in [-0.15, -0.1) is 0 Å². The molecule has 7 nitrogen and oxygen atoms in total. The molecule has 0 saturated carbocycles. The number of likely N-dealkylation sites (N-methyl/N-ethyl adjacent to an activating group) is 1. The minimum absolute atomic E-state index is 0.199.